The maximum Gasteiger partial charge on any atom is 0.102 e. The molecule has 1 fully saturated rings. The highest BCUT2D eigenvalue weighted by molar-refractivity contribution is 9.10. The molecule has 3 heteroatoms. The van der Waals surface area contributed by atoms with Gasteiger partial charge in [0, 0.05) is 23.1 Å². The lowest BCUT2D eigenvalue weighted by Gasteiger charge is -2.35. The third-order valence-corrected chi connectivity index (χ3v) is 6.83. The summed E-state index contributed by atoms with van der Waals surface area (Å²) in [4.78, 5) is 2.48. The van der Waals surface area contributed by atoms with Crippen molar-refractivity contribution in [3.63, 3.8) is 0 Å². The Hall–Kier alpha value is -2.57. The SMILES string of the molecule is N#Cc1c(-c2ccc(Br)cc2)cc2c(c1N1CCCCC1)CCc1ccccc1-2. The monoisotopic (exact) mass is 442 g/mol. The van der Waals surface area contributed by atoms with Gasteiger partial charge in [0.25, 0.3) is 0 Å². The molecule has 1 heterocycles. The number of benzene rings is 3. The van der Waals surface area contributed by atoms with Crippen LogP contribution in [0.3, 0.4) is 0 Å². The molecule has 29 heavy (non-hydrogen) atoms. The lowest BCUT2D eigenvalue weighted by atomic mass is 9.80. The summed E-state index contributed by atoms with van der Waals surface area (Å²) in [5.41, 5.74) is 9.60. The van der Waals surface area contributed by atoms with Crippen LogP contribution in [-0.4, -0.2) is 13.1 Å². The number of hydrogen-bond acceptors (Lipinski definition) is 2. The van der Waals surface area contributed by atoms with E-state index in [-0.39, 0.29) is 0 Å². The number of rotatable bonds is 2. The molecular weight excluding hydrogens is 420 g/mol. The van der Waals surface area contributed by atoms with E-state index in [2.05, 4.69) is 81.5 Å². The van der Waals surface area contributed by atoms with Gasteiger partial charge in [-0.15, -0.1) is 0 Å². The number of nitriles is 1. The molecule has 2 nitrogen and oxygen atoms in total. The number of anilines is 1. The topological polar surface area (TPSA) is 27.0 Å². The highest BCUT2D eigenvalue weighted by Gasteiger charge is 2.27. The van der Waals surface area contributed by atoms with Gasteiger partial charge in [-0.25, -0.2) is 0 Å². The molecule has 0 bridgehead atoms. The molecule has 0 radical (unpaired) electrons. The van der Waals surface area contributed by atoms with Crippen LogP contribution in [0.25, 0.3) is 22.3 Å². The van der Waals surface area contributed by atoms with E-state index in [4.69, 9.17) is 0 Å². The maximum absolute atomic E-state index is 10.3. The summed E-state index contributed by atoms with van der Waals surface area (Å²) >= 11 is 3.54. The van der Waals surface area contributed by atoms with Crippen molar-refractivity contribution in [3.05, 3.63) is 75.8 Å². The third kappa shape index (κ3) is 3.26. The molecule has 0 amide bonds. The van der Waals surface area contributed by atoms with Gasteiger partial charge in [-0.3, -0.25) is 0 Å². The molecule has 2 aliphatic rings. The van der Waals surface area contributed by atoms with Crippen LogP contribution >= 0.6 is 15.9 Å². The summed E-state index contributed by atoms with van der Waals surface area (Å²) in [6.07, 6.45) is 5.76. The van der Waals surface area contributed by atoms with Crippen LogP contribution in [0.15, 0.2) is 59.1 Å². The average molecular weight is 443 g/mol. The lowest BCUT2D eigenvalue weighted by molar-refractivity contribution is 0.576. The molecular formula is C26H23BrN2. The Kier molecular flexibility index (Phi) is 4.89. The highest BCUT2D eigenvalue weighted by atomic mass is 79.9. The number of nitrogens with zero attached hydrogens (tertiary/aromatic N) is 2. The van der Waals surface area contributed by atoms with Gasteiger partial charge < -0.3 is 4.90 Å². The van der Waals surface area contributed by atoms with Crippen molar-refractivity contribution in [2.24, 2.45) is 0 Å². The zero-order valence-electron chi connectivity index (χ0n) is 16.4. The second-order valence-corrected chi connectivity index (χ2v) is 8.91. The fraction of sp³-hybridized carbons (Fsp3) is 0.269. The Bertz CT molecular complexity index is 1100. The van der Waals surface area contributed by atoms with Crippen LogP contribution in [0.1, 0.15) is 36.0 Å². The summed E-state index contributed by atoms with van der Waals surface area (Å²) in [5, 5.41) is 10.3. The van der Waals surface area contributed by atoms with Gasteiger partial charge in [0.2, 0.25) is 0 Å². The number of aryl methyl sites for hydroxylation is 1. The molecule has 1 saturated heterocycles. The summed E-state index contributed by atoms with van der Waals surface area (Å²) < 4.78 is 1.05. The van der Waals surface area contributed by atoms with E-state index in [9.17, 15) is 5.26 Å². The van der Waals surface area contributed by atoms with Crippen LogP contribution in [0.4, 0.5) is 5.69 Å². The first-order valence-electron chi connectivity index (χ1n) is 10.5. The Balaban J connectivity index is 1.80. The van der Waals surface area contributed by atoms with E-state index in [0.29, 0.717) is 0 Å². The minimum absolute atomic E-state index is 0.840. The first-order chi connectivity index (χ1) is 14.3. The molecule has 0 saturated carbocycles. The second kappa shape index (κ2) is 7.69. The molecule has 0 aromatic heterocycles. The Labute approximate surface area is 180 Å². The maximum atomic E-state index is 10.3. The largest absolute Gasteiger partial charge is 0.370 e. The van der Waals surface area contributed by atoms with Crippen molar-refractivity contribution in [2.75, 3.05) is 18.0 Å². The van der Waals surface area contributed by atoms with Gasteiger partial charge in [-0.2, -0.15) is 5.26 Å². The van der Waals surface area contributed by atoms with E-state index in [1.54, 1.807) is 0 Å². The van der Waals surface area contributed by atoms with Gasteiger partial charge in [-0.05, 0) is 78.1 Å². The van der Waals surface area contributed by atoms with Crippen molar-refractivity contribution in [1.82, 2.24) is 0 Å². The minimum atomic E-state index is 0.840. The van der Waals surface area contributed by atoms with E-state index in [0.717, 1.165) is 47.1 Å². The predicted molar refractivity (Wildman–Crippen MR) is 123 cm³/mol. The zero-order chi connectivity index (χ0) is 19.8. The van der Waals surface area contributed by atoms with Crippen molar-refractivity contribution in [3.8, 4) is 28.3 Å². The van der Waals surface area contributed by atoms with E-state index in [1.807, 2.05) is 0 Å². The molecule has 5 rings (SSSR count). The molecule has 0 N–H and O–H groups in total. The average Bonchev–Trinajstić information content (AvgIpc) is 2.78. The second-order valence-electron chi connectivity index (χ2n) is 8.00. The van der Waals surface area contributed by atoms with Gasteiger partial charge in [0.05, 0.1) is 11.3 Å². The molecule has 0 unspecified atom stereocenters. The first-order valence-corrected chi connectivity index (χ1v) is 11.2. The summed E-state index contributed by atoms with van der Waals surface area (Å²) in [5.74, 6) is 0. The molecule has 0 atom stereocenters. The Morgan fingerprint density at radius 1 is 0.828 bits per heavy atom. The summed E-state index contributed by atoms with van der Waals surface area (Å²) in [6.45, 7) is 2.10. The normalized spacial score (nSPS) is 15.4. The van der Waals surface area contributed by atoms with Crippen LogP contribution in [-0.2, 0) is 12.8 Å². The highest BCUT2D eigenvalue weighted by Crippen LogP contribution is 2.45. The fourth-order valence-electron chi connectivity index (χ4n) is 4.90. The molecule has 0 spiro atoms. The van der Waals surface area contributed by atoms with Crippen molar-refractivity contribution < 1.29 is 0 Å². The van der Waals surface area contributed by atoms with Gasteiger partial charge in [0.15, 0.2) is 0 Å². The van der Waals surface area contributed by atoms with E-state index >= 15 is 0 Å². The van der Waals surface area contributed by atoms with Crippen molar-refractivity contribution in [1.29, 1.82) is 5.26 Å². The predicted octanol–water partition coefficient (Wildman–Crippen LogP) is 6.74. The van der Waals surface area contributed by atoms with Crippen LogP contribution < -0.4 is 4.90 Å². The molecule has 1 aliphatic heterocycles. The summed E-state index contributed by atoms with van der Waals surface area (Å²) in [6, 6.07) is 22.0. The Morgan fingerprint density at radius 2 is 1.59 bits per heavy atom. The molecule has 3 aromatic rings. The van der Waals surface area contributed by atoms with Crippen molar-refractivity contribution in [2.45, 2.75) is 32.1 Å². The first kappa shape index (κ1) is 18.5. The molecule has 3 aromatic carbocycles. The quantitative estimate of drug-likeness (QED) is 0.438. The Morgan fingerprint density at radius 3 is 2.34 bits per heavy atom. The van der Waals surface area contributed by atoms with Gasteiger partial charge >= 0.3 is 0 Å². The smallest absolute Gasteiger partial charge is 0.102 e. The van der Waals surface area contributed by atoms with Gasteiger partial charge in [-0.1, -0.05) is 52.3 Å². The third-order valence-electron chi connectivity index (χ3n) is 6.30. The fourth-order valence-corrected chi connectivity index (χ4v) is 5.16. The summed E-state index contributed by atoms with van der Waals surface area (Å²) in [7, 11) is 0. The minimum Gasteiger partial charge on any atom is -0.370 e. The van der Waals surface area contributed by atoms with Crippen LogP contribution in [0, 0.1) is 11.3 Å². The van der Waals surface area contributed by atoms with E-state index in [1.165, 1.54) is 47.2 Å². The number of piperidine rings is 1. The van der Waals surface area contributed by atoms with Crippen molar-refractivity contribution >= 4 is 21.6 Å². The number of fused-ring (bicyclic) bond motifs is 3. The zero-order valence-corrected chi connectivity index (χ0v) is 18.0. The lowest BCUT2D eigenvalue weighted by Crippen LogP contribution is -2.31. The molecule has 144 valence electrons. The molecule has 1 aliphatic carbocycles. The standard InChI is InChI=1S/C26H23BrN2/c27-20-11-8-19(9-12-20)23-16-24-21-7-3-2-6-18(21)10-13-22(24)26(25(23)17-28)29-14-4-1-5-15-29/h2-3,6-9,11-12,16H,1,4-5,10,13-15H2. The van der Waals surface area contributed by atoms with E-state index < -0.39 is 0 Å². The number of hydrogen-bond donors (Lipinski definition) is 0. The van der Waals surface area contributed by atoms with Gasteiger partial charge in [0.1, 0.15) is 6.07 Å². The van der Waals surface area contributed by atoms with Crippen LogP contribution in [0.2, 0.25) is 0 Å². The van der Waals surface area contributed by atoms with Crippen LogP contribution in [0.5, 0.6) is 0 Å². The number of halogens is 1.